The van der Waals surface area contributed by atoms with Crippen LogP contribution in [0.3, 0.4) is 0 Å². The fourth-order valence-electron chi connectivity index (χ4n) is 1.40. The summed E-state index contributed by atoms with van der Waals surface area (Å²) in [7, 11) is -3.14. The fourth-order valence-corrected chi connectivity index (χ4v) is 2.48. The van der Waals surface area contributed by atoms with E-state index in [4.69, 9.17) is 0 Å². The van der Waals surface area contributed by atoms with Gasteiger partial charge >= 0.3 is 0 Å². The third-order valence-electron chi connectivity index (χ3n) is 2.08. The predicted octanol–water partition coefficient (Wildman–Crippen LogP) is 1.34. The summed E-state index contributed by atoms with van der Waals surface area (Å²) in [5.74, 6) is 0. The van der Waals surface area contributed by atoms with Gasteiger partial charge in [-0.2, -0.15) is 0 Å². The van der Waals surface area contributed by atoms with Gasteiger partial charge in [-0.1, -0.05) is 20.8 Å². The van der Waals surface area contributed by atoms with E-state index in [-0.39, 0.29) is 0 Å². The van der Waals surface area contributed by atoms with Crippen molar-refractivity contribution in [3.63, 3.8) is 0 Å². The minimum atomic E-state index is -3.14. The van der Waals surface area contributed by atoms with Crippen molar-refractivity contribution in [1.82, 2.24) is 10.0 Å². The molecule has 0 rings (SSSR count). The van der Waals surface area contributed by atoms with E-state index in [1.165, 1.54) is 6.26 Å². The number of hydrogen-bond donors (Lipinski definition) is 2. The van der Waals surface area contributed by atoms with Gasteiger partial charge in [0.1, 0.15) is 0 Å². The van der Waals surface area contributed by atoms with Gasteiger partial charge in [-0.25, -0.2) is 13.1 Å². The number of sulfonamides is 1. The molecule has 0 heterocycles. The van der Waals surface area contributed by atoms with Crippen LogP contribution in [0.25, 0.3) is 0 Å². The Balaban J connectivity index is 3.92. The molecule has 0 radical (unpaired) electrons. The minimum absolute atomic E-state index is 0.307. The van der Waals surface area contributed by atoms with Crippen molar-refractivity contribution in [3.8, 4) is 0 Å². The zero-order chi connectivity index (χ0) is 13.0. The first-order valence-corrected chi connectivity index (χ1v) is 7.50. The Morgan fingerprint density at radius 1 is 1.06 bits per heavy atom. The van der Waals surface area contributed by atoms with Crippen molar-refractivity contribution in [2.75, 3.05) is 19.3 Å². The largest absolute Gasteiger partial charge is 0.315 e. The molecule has 16 heavy (non-hydrogen) atoms. The Morgan fingerprint density at radius 3 is 1.94 bits per heavy atom. The molecule has 0 spiro atoms. The van der Waals surface area contributed by atoms with Crippen LogP contribution in [0.4, 0.5) is 0 Å². The second-order valence-corrected chi connectivity index (χ2v) is 7.99. The van der Waals surface area contributed by atoms with Gasteiger partial charge in [-0.05, 0) is 32.2 Å². The topological polar surface area (TPSA) is 58.2 Å². The maximum Gasteiger partial charge on any atom is 0.209 e. The lowest BCUT2D eigenvalue weighted by atomic mass is 9.92. The molecule has 0 aliphatic heterocycles. The third-order valence-corrected chi connectivity index (χ3v) is 3.00. The molecule has 0 aromatic rings. The van der Waals surface area contributed by atoms with E-state index in [9.17, 15) is 8.42 Å². The highest BCUT2D eigenvalue weighted by atomic mass is 32.2. The molecule has 0 saturated carbocycles. The zero-order valence-corrected chi connectivity index (χ0v) is 12.2. The lowest BCUT2D eigenvalue weighted by molar-refractivity contribution is 0.348. The highest BCUT2D eigenvalue weighted by molar-refractivity contribution is 7.88. The first-order valence-electron chi connectivity index (χ1n) is 5.61. The lowest BCUT2D eigenvalue weighted by Gasteiger charge is -2.26. The van der Waals surface area contributed by atoms with Crippen molar-refractivity contribution in [3.05, 3.63) is 0 Å². The predicted molar refractivity (Wildman–Crippen MR) is 69.0 cm³/mol. The van der Waals surface area contributed by atoms with Crippen LogP contribution in [0, 0.1) is 5.41 Å². The van der Waals surface area contributed by atoms with Crippen molar-refractivity contribution in [1.29, 1.82) is 0 Å². The van der Waals surface area contributed by atoms with Gasteiger partial charge in [0.25, 0.3) is 0 Å². The van der Waals surface area contributed by atoms with E-state index in [0.29, 0.717) is 12.0 Å². The molecule has 0 bridgehead atoms. The first-order chi connectivity index (χ1) is 6.91. The van der Waals surface area contributed by atoms with Crippen LogP contribution in [-0.4, -0.2) is 33.3 Å². The second-order valence-electron chi connectivity index (χ2n) is 6.25. The molecule has 4 nitrogen and oxygen atoms in total. The molecule has 0 aliphatic rings. The van der Waals surface area contributed by atoms with E-state index in [1.54, 1.807) is 0 Å². The van der Waals surface area contributed by atoms with Crippen LogP contribution in [0.2, 0.25) is 0 Å². The van der Waals surface area contributed by atoms with Crippen LogP contribution >= 0.6 is 0 Å². The van der Waals surface area contributed by atoms with Crippen molar-refractivity contribution in [2.24, 2.45) is 5.41 Å². The Kier molecular flexibility index (Phi) is 5.42. The van der Waals surface area contributed by atoms with Gasteiger partial charge in [-0.3, -0.25) is 0 Å². The number of nitrogens with one attached hydrogen (secondary N) is 2. The van der Waals surface area contributed by atoms with Crippen LogP contribution in [0.5, 0.6) is 0 Å². The van der Waals surface area contributed by atoms with E-state index < -0.39 is 15.6 Å². The molecule has 0 atom stereocenters. The fraction of sp³-hybridized carbons (Fsp3) is 1.00. The molecule has 0 fully saturated rings. The Hall–Kier alpha value is -0.130. The Labute approximate surface area is 100 Å². The van der Waals surface area contributed by atoms with Gasteiger partial charge in [0.2, 0.25) is 10.0 Å². The average Bonchev–Trinajstić information content (AvgIpc) is 1.91. The molecular formula is C11H26N2O2S. The number of hydrogen-bond acceptors (Lipinski definition) is 3. The highest BCUT2D eigenvalue weighted by Gasteiger charge is 2.21. The minimum Gasteiger partial charge on any atom is -0.315 e. The van der Waals surface area contributed by atoms with Crippen LogP contribution in [0.15, 0.2) is 0 Å². The summed E-state index contributed by atoms with van der Waals surface area (Å²) in [6.07, 6.45) is 2.26. The van der Waals surface area contributed by atoms with E-state index in [0.717, 1.165) is 13.0 Å². The standard InChI is InChI=1S/C11H26N2O2S/c1-10(2,3)7-8-12-9-11(4,5)13-16(6,14)15/h12-13H,7-9H2,1-6H3. The Bertz CT molecular complexity index is 302. The molecule has 0 unspecified atom stereocenters. The molecule has 0 aromatic heterocycles. The first kappa shape index (κ1) is 15.9. The summed E-state index contributed by atoms with van der Waals surface area (Å²) in [6, 6.07) is 0. The third kappa shape index (κ3) is 10.4. The van der Waals surface area contributed by atoms with Gasteiger partial charge in [0.05, 0.1) is 6.26 Å². The van der Waals surface area contributed by atoms with Crippen molar-refractivity contribution < 1.29 is 8.42 Å². The highest BCUT2D eigenvalue weighted by Crippen LogP contribution is 2.17. The van der Waals surface area contributed by atoms with E-state index in [1.807, 2.05) is 13.8 Å². The van der Waals surface area contributed by atoms with Gasteiger partial charge in [0, 0.05) is 12.1 Å². The molecule has 2 N–H and O–H groups in total. The maximum atomic E-state index is 11.1. The zero-order valence-electron chi connectivity index (χ0n) is 11.3. The molecule has 0 aliphatic carbocycles. The number of rotatable bonds is 6. The van der Waals surface area contributed by atoms with Crippen molar-refractivity contribution >= 4 is 10.0 Å². The maximum absolute atomic E-state index is 11.1. The summed E-state index contributed by atoms with van der Waals surface area (Å²) in [6.45, 7) is 11.8. The summed E-state index contributed by atoms with van der Waals surface area (Å²) >= 11 is 0. The normalized spacial score (nSPS) is 14.1. The monoisotopic (exact) mass is 250 g/mol. The van der Waals surface area contributed by atoms with Crippen LogP contribution in [-0.2, 0) is 10.0 Å². The summed E-state index contributed by atoms with van der Waals surface area (Å²) in [5, 5.41) is 3.28. The average molecular weight is 250 g/mol. The van der Waals surface area contributed by atoms with Gasteiger partial charge in [-0.15, -0.1) is 0 Å². The summed E-state index contributed by atoms with van der Waals surface area (Å²) in [4.78, 5) is 0. The van der Waals surface area contributed by atoms with Gasteiger partial charge in [0.15, 0.2) is 0 Å². The van der Waals surface area contributed by atoms with Crippen LogP contribution < -0.4 is 10.0 Å². The van der Waals surface area contributed by atoms with Gasteiger partial charge < -0.3 is 5.32 Å². The molecule has 0 aromatic carbocycles. The summed E-state index contributed by atoms with van der Waals surface area (Å²) < 4.78 is 24.8. The smallest absolute Gasteiger partial charge is 0.209 e. The van der Waals surface area contributed by atoms with E-state index in [2.05, 4.69) is 30.8 Å². The molecule has 0 amide bonds. The van der Waals surface area contributed by atoms with Crippen LogP contribution in [0.1, 0.15) is 41.0 Å². The summed E-state index contributed by atoms with van der Waals surface area (Å²) in [5.41, 5.74) is -0.132. The second kappa shape index (κ2) is 5.47. The van der Waals surface area contributed by atoms with Crippen molar-refractivity contribution in [2.45, 2.75) is 46.6 Å². The van der Waals surface area contributed by atoms with E-state index >= 15 is 0 Å². The SMILES string of the molecule is CC(C)(C)CCNCC(C)(C)NS(C)(=O)=O. The Morgan fingerprint density at radius 2 is 1.56 bits per heavy atom. The molecule has 0 saturated heterocycles. The molecule has 98 valence electrons. The molecular weight excluding hydrogens is 224 g/mol. The quantitative estimate of drug-likeness (QED) is 0.699. The molecule has 5 heteroatoms. The lowest BCUT2D eigenvalue weighted by Crippen LogP contribution is -2.50.